The number of rotatable bonds is 6. The van der Waals surface area contributed by atoms with Crippen molar-refractivity contribution < 1.29 is 17.1 Å². The minimum absolute atomic E-state index is 0. The molecular formula is C36H52FeP2-6. The molecule has 0 atom stereocenters. The fourth-order valence-electron chi connectivity index (χ4n) is 12.0. The van der Waals surface area contributed by atoms with E-state index in [1.807, 2.05) is 40.9 Å². The molecule has 8 bridgehead atoms. The Morgan fingerprint density at radius 1 is 0.641 bits per heavy atom. The summed E-state index contributed by atoms with van der Waals surface area (Å²) in [5, 5.41) is 5.29. The molecule has 8 fully saturated rings. The summed E-state index contributed by atoms with van der Waals surface area (Å²) >= 11 is 0. The van der Waals surface area contributed by atoms with E-state index in [0.29, 0.717) is 10.3 Å². The van der Waals surface area contributed by atoms with Crippen molar-refractivity contribution in [1.82, 2.24) is 0 Å². The van der Waals surface area contributed by atoms with E-state index in [0.717, 1.165) is 46.8 Å². The molecule has 39 heavy (non-hydrogen) atoms. The van der Waals surface area contributed by atoms with Gasteiger partial charge < -0.3 is 30.3 Å². The third-order valence-corrected chi connectivity index (χ3v) is 19.1. The van der Waals surface area contributed by atoms with Gasteiger partial charge in [0.15, 0.2) is 0 Å². The maximum Gasteiger partial charge on any atom is 0 e. The van der Waals surface area contributed by atoms with Crippen molar-refractivity contribution in [2.75, 3.05) is 0 Å². The Morgan fingerprint density at radius 3 is 1.28 bits per heavy atom. The molecule has 0 amide bonds. The van der Waals surface area contributed by atoms with Gasteiger partial charge >= 0.3 is 0 Å². The first kappa shape index (κ1) is 29.2. The van der Waals surface area contributed by atoms with Crippen molar-refractivity contribution in [2.24, 2.45) is 35.5 Å². The molecule has 0 nitrogen and oxygen atoms in total. The Morgan fingerprint density at radius 2 is 0.974 bits per heavy atom. The predicted molar refractivity (Wildman–Crippen MR) is 169 cm³/mol. The minimum atomic E-state index is -0.0564. The molecule has 0 saturated heterocycles. The second-order valence-electron chi connectivity index (χ2n) is 15.5. The number of hydrogen-bond acceptors (Lipinski definition) is 0. The molecular weight excluding hydrogens is 550 g/mol. The van der Waals surface area contributed by atoms with E-state index in [9.17, 15) is 0 Å². The van der Waals surface area contributed by atoms with Crippen molar-refractivity contribution in [3.63, 3.8) is 0 Å². The van der Waals surface area contributed by atoms with E-state index in [2.05, 4.69) is 45.9 Å². The zero-order valence-electron chi connectivity index (χ0n) is 25.0. The maximum atomic E-state index is 2.72. The van der Waals surface area contributed by atoms with E-state index in [4.69, 9.17) is 0 Å². The largest absolute Gasteiger partial charge is 0.748 e. The monoisotopic (exact) mass is 602 g/mol. The van der Waals surface area contributed by atoms with Gasteiger partial charge in [0.1, 0.15) is 0 Å². The summed E-state index contributed by atoms with van der Waals surface area (Å²) in [5.74, 6) is 6.53. The van der Waals surface area contributed by atoms with Gasteiger partial charge in [-0.3, -0.25) is 0 Å². The zero-order chi connectivity index (χ0) is 26.1. The van der Waals surface area contributed by atoms with Crippen LogP contribution in [0.15, 0.2) is 48.5 Å². The molecule has 2 aromatic carbocycles. The Hall–Kier alpha value is 0.0795. The molecule has 0 aromatic heterocycles. The SMILES string of the molecule is CC(C)P([c-]1cccc1P(C12CC3CC(CC(C3)C1)C2)C12CC3CC(CC(C3)C1)C2)C(C)C.[Fe].[cH-]1[cH-][cH-][cH-][cH-]1. The first-order chi connectivity index (χ1) is 18.3. The Bertz CT molecular complexity index is 938. The van der Waals surface area contributed by atoms with Crippen LogP contribution in [0.25, 0.3) is 0 Å². The van der Waals surface area contributed by atoms with Gasteiger partial charge in [-0.1, -0.05) is 35.6 Å². The van der Waals surface area contributed by atoms with Gasteiger partial charge in [-0.15, -0.1) is 18.5 Å². The molecule has 0 heterocycles. The molecule has 8 saturated carbocycles. The smallest absolute Gasteiger partial charge is 0 e. The van der Waals surface area contributed by atoms with Gasteiger partial charge in [-0.2, -0.15) is 6.07 Å². The fraction of sp³-hybridized carbons (Fsp3) is 0.722. The molecule has 10 rings (SSSR count). The summed E-state index contributed by atoms with van der Waals surface area (Å²) in [6, 6.07) is 17.9. The van der Waals surface area contributed by atoms with E-state index < -0.39 is 0 Å². The van der Waals surface area contributed by atoms with Crippen LogP contribution in [0.4, 0.5) is 0 Å². The second-order valence-corrected chi connectivity index (χ2v) is 21.9. The van der Waals surface area contributed by atoms with Crippen LogP contribution >= 0.6 is 15.8 Å². The Balaban J connectivity index is 0.000000418. The van der Waals surface area contributed by atoms with E-state index in [1.54, 1.807) is 77.0 Å². The standard InChI is InChI=1S/C31H47P2.C5H5.Fe/c1-20(2)32(21(3)4)28-6-5-7-29(28)33(30-14-22-8-23(15-30)10-24(9-22)16-30)31-17-25-11-26(18-31)13-27(12-25)19-31;1-2-4-5-3-1;/h5-7,20-27H,8-19H2,1-4H3;1-5H;/q-1;-5;. The second kappa shape index (κ2) is 11.3. The molecule has 0 N–H and O–H groups in total. The number of hydrogen-bond donors (Lipinski definition) is 0. The van der Waals surface area contributed by atoms with Crippen LogP contribution in [0.3, 0.4) is 0 Å². The average molecular weight is 603 g/mol. The van der Waals surface area contributed by atoms with Crippen LogP contribution in [0.5, 0.6) is 0 Å². The normalized spacial score (nSPS) is 40.2. The zero-order valence-corrected chi connectivity index (χ0v) is 27.9. The molecule has 2 aromatic rings. The summed E-state index contributed by atoms with van der Waals surface area (Å²) in [6.45, 7) is 10.1. The molecule has 0 spiro atoms. The van der Waals surface area contributed by atoms with Gasteiger partial charge in [0.25, 0.3) is 0 Å². The van der Waals surface area contributed by atoms with Crippen LogP contribution in [0.1, 0.15) is 105 Å². The maximum absolute atomic E-state index is 2.72. The van der Waals surface area contributed by atoms with E-state index in [-0.39, 0.29) is 32.9 Å². The summed E-state index contributed by atoms with van der Waals surface area (Å²) in [4.78, 5) is 0. The average Bonchev–Trinajstić information content (AvgIpc) is 3.53. The van der Waals surface area contributed by atoms with Crippen molar-refractivity contribution in [2.45, 2.75) is 126 Å². The predicted octanol–water partition coefficient (Wildman–Crippen LogP) is 9.78. The van der Waals surface area contributed by atoms with Crippen molar-refractivity contribution >= 4 is 26.5 Å². The molecule has 8 aliphatic carbocycles. The van der Waals surface area contributed by atoms with Crippen molar-refractivity contribution in [1.29, 1.82) is 0 Å². The van der Waals surface area contributed by atoms with E-state index in [1.165, 1.54) is 0 Å². The van der Waals surface area contributed by atoms with Crippen molar-refractivity contribution in [3.8, 4) is 0 Å². The quantitative estimate of drug-likeness (QED) is 0.175. The van der Waals surface area contributed by atoms with Crippen molar-refractivity contribution in [3.05, 3.63) is 48.5 Å². The van der Waals surface area contributed by atoms with Gasteiger partial charge in [0.2, 0.25) is 0 Å². The minimum Gasteiger partial charge on any atom is -0.748 e. The molecule has 0 unspecified atom stereocenters. The van der Waals surface area contributed by atoms with Crippen LogP contribution in [0, 0.1) is 35.5 Å². The Kier molecular flexibility index (Phi) is 8.45. The molecule has 0 radical (unpaired) electrons. The van der Waals surface area contributed by atoms with Gasteiger partial charge in [-0.05, 0) is 134 Å². The molecule has 3 heteroatoms. The molecule has 220 valence electrons. The summed E-state index contributed by atoms with van der Waals surface area (Å²) in [6.07, 6.45) is 19.3. The Labute approximate surface area is 253 Å². The summed E-state index contributed by atoms with van der Waals surface area (Å²) in [7, 11) is -0.110. The first-order valence-electron chi connectivity index (χ1n) is 16.4. The fourth-order valence-corrected chi connectivity index (χ4v) is 20.7. The summed E-state index contributed by atoms with van der Waals surface area (Å²) < 4.78 is 0. The van der Waals surface area contributed by atoms with Crippen LogP contribution in [0.2, 0.25) is 0 Å². The third kappa shape index (κ3) is 5.26. The topological polar surface area (TPSA) is 0 Å². The summed E-state index contributed by atoms with van der Waals surface area (Å²) in [5.41, 5.74) is 1.62. The van der Waals surface area contributed by atoms with Gasteiger partial charge in [0.05, 0.1) is 0 Å². The van der Waals surface area contributed by atoms with Gasteiger partial charge in [0, 0.05) is 17.1 Å². The molecule has 8 aliphatic rings. The van der Waals surface area contributed by atoms with Crippen LogP contribution in [-0.2, 0) is 17.1 Å². The van der Waals surface area contributed by atoms with E-state index >= 15 is 0 Å². The molecule has 0 aliphatic heterocycles. The van der Waals surface area contributed by atoms with Gasteiger partial charge in [-0.25, -0.2) is 12.1 Å². The first-order valence-corrected chi connectivity index (χ1v) is 19.2. The van der Waals surface area contributed by atoms with Crippen LogP contribution in [-0.4, -0.2) is 21.6 Å². The third-order valence-electron chi connectivity index (χ3n) is 11.9. The van der Waals surface area contributed by atoms with Crippen LogP contribution < -0.4 is 10.6 Å².